The molecule has 0 spiro atoms. The number of anilines is 1. The van der Waals surface area contributed by atoms with Gasteiger partial charge in [-0.3, -0.25) is 0 Å². The van der Waals surface area contributed by atoms with Crippen LogP contribution in [0.25, 0.3) is 0 Å². The van der Waals surface area contributed by atoms with Crippen LogP contribution in [0.3, 0.4) is 0 Å². The number of amides is 2. The Balaban J connectivity index is 2.03. The Bertz CT molecular complexity index is 445. The smallest absolute Gasteiger partial charge is 0.322 e. The summed E-state index contributed by atoms with van der Waals surface area (Å²) in [5, 5.41) is 12.0. The zero-order valence-corrected chi connectivity index (χ0v) is 10.7. The molecule has 0 aliphatic carbocycles. The molecule has 1 heterocycles. The number of aliphatic hydroxyl groups is 1. The SMILES string of the molecule is CCOc1ccccc1NC(=O)N1C[C@@H](O)[C@H](F)C1. The summed E-state index contributed by atoms with van der Waals surface area (Å²) < 4.78 is 18.6. The molecular formula is C13H17FN2O3. The van der Waals surface area contributed by atoms with Gasteiger partial charge in [0, 0.05) is 0 Å². The summed E-state index contributed by atoms with van der Waals surface area (Å²) in [6, 6.07) is 6.59. The van der Waals surface area contributed by atoms with Gasteiger partial charge in [0.1, 0.15) is 18.0 Å². The number of hydrogen-bond donors (Lipinski definition) is 2. The maximum absolute atomic E-state index is 13.2. The lowest BCUT2D eigenvalue weighted by atomic mass is 10.3. The van der Waals surface area contributed by atoms with Crippen molar-refractivity contribution in [2.45, 2.75) is 19.2 Å². The van der Waals surface area contributed by atoms with E-state index in [0.717, 1.165) is 0 Å². The van der Waals surface area contributed by atoms with Crippen molar-refractivity contribution in [3.05, 3.63) is 24.3 Å². The maximum atomic E-state index is 13.2. The summed E-state index contributed by atoms with van der Waals surface area (Å²) in [4.78, 5) is 13.2. The van der Waals surface area contributed by atoms with Gasteiger partial charge >= 0.3 is 6.03 Å². The van der Waals surface area contributed by atoms with Crippen molar-refractivity contribution in [1.82, 2.24) is 4.90 Å². The van der Waals surface area contributed by atoms with Crippen molar-refractivity contribution in [3.63, 3.8) is 0 Å². The summed E-state index contributed by atoms with van der Waals surface area (Å²) in [5.74, 6) is 0.565. The Morgan fingerprint density at radius 1 is 1.53 bits per heavy atom. The minimum absolute atomic E-state index is 0.00377. The lowest BCUT2D eigenvalue weighted by Gasteiger charge is -2.17. The molecule has 0 radical (unpaired) electrons. The third-order valence-electron chi connectivity index (χ3n) is 2.94. The summed E-state index contributed by atoms with van der Waals surface area (Å²) >= 11 is 0. The Hall–Kier alpha value is -1.82. The lowest BCUT2D eigenvalue weighted by Crippen LogP contribution is -2.33. The highest BCUT2D eigenvalue weighted by Gasteiger charge is 2.34. The maximum Gasteiger partial charge on any atom is 0.322 e. The van der Waals surface area contributed by atoms with Crippen LogP contribution < -0.4 is 10.1 Å². The Labute approximate surface area is 111 Å². The first-order valence-electron chi connectivity index (χ1n) is 6.21. The molecule has 2 atom stereocenters. The third-order valence-corrected chi connectivity index (χ3v) is 2.94. The number of hydrogen-bond acceptors (Lipinski definition) is 3. The molecule has 1 aromatic carbocycles. The minimum atomic E-state index is -1.38. The number of urea groups is 1. The van der Waals surface area contributed by atoms with Gasteiger partial charge in [0.15, 0.2) is 0 Å². The normalized spacial score (nSPS) is 22.4. The topological polar surface area (TPSA) is 61.8 Å². The van der Waals surface area contributed by atoms with Crippen LogP contribution in [0.5, 0.6) is 5.75 Å². The van der Waals surface area contributed by atoms with E-state index >= 15 is 0 Å². The van der Waals surface area contributed by atoms with E-state index in [2.05, 4.69) is 5.32 Å². The van der Waals surface area contributed by atoms with Crippen LogP contribution in [-0.4, -0.2) is 48.0 Å². The molecule has 0 unspecified atom stereocenters. The number of ether oxygens (including phenoxy) is 1. The number of β-amino-alcohol motifs (C(OH)–C–C–N with tert-alkyl or cyclic N) is 1. The standard InChI is InChI=1S/C13H17FN2O3/c1-2-19-12-6-4-3-5-10(12)15-13(18)16-7-9(14)11(17)8-16/h3-6,9,11,17H,2,7-8H2,1H3,(H,15,18)/t9-,11-/m1/s1. The van der Waals surface area contributed by atoms with E-state index in [9.17, 15) is 14.3 Å². The highest BCUT2D eigenvalue weighted by Crippen LogP contribution is 2.24. The average Bonchev–Trinajstić information content (AvgIpc) is 2.72. The number of carbonyl (C=O) groups is 1. The van der Waals surface area contributed by atoms with Gasteiger partial charge in [0.05, 0.1) is 25.4 Å². The molecule has 6 heteroatoms. The molecule has 2 amide bonds. The molecule has 2 N–H and O–H groups in total. The second kappa shape index (κ2) is 5.88. The predicted molar refractivity (Wildman–Crippen MR) is 69.1 cm³/mol. The number of alkyl halides is 1. The first-order valence-corrected chi connectivity index (χ1v) is 6.21. The number of benzene rings is 1. The first-order chi connectivity index (χ1) is 9.11. The highest BCUT2D eigenvalue weighted by atomic mass is 19.1. The second-order valence-electron chi connectivity index (χ2n) is 4.35. The molecule has 0 bridgehead atoms. The fraction of sp³-hybridized carbons (Fsp3) is 0.462. The van der Waals surface area contributed by atoms with Crippen molar-refractivity contribution in [2.24, 2.45) is 0 Å². The summed E-state index contributed by atoms with van der Waals surface area (Å²) in [7, 11) is 0. The Kier molecular flexibility index (Phi) is 4.21. The highest BCUT2D eigenvalue weighted by molar-refractivity contribution is 5.91. The van der Waals surface area contributed by atoms with Gasteiger partial charge in [-0.2, -0.15) is 0 Å². The van der Waals surface area contributed by atoms with Crippen LogP contribution in [0.4, 0.5) is 14.9 Å². The van der Waals surface area contributed by atoms with Crippen molar-refractivity contribution >= 4 is 11.7 Å². The largest absolute Gasteiger partial charge is 0.492 e. The van der Waals surface area contributed by atoms with Crippen LogP contribution in [0.15, 0.2) is 24.3 Å². The molecular weight excluding hydrogens is 251 g/mol. The van der Waals surface area contributed by atoms with Gasteiger partial charge in [0.25, 0.3) is 0 Å². The van der Waals surface area contributed by atoms with Crippen molar-refractivity contribution in [3.8, 4) is 5.75 Å². The Morgan fingerprint density at radius 3 is 2.89 bits per heavy atom. The number of rotatable bonds is 3. The summed E-state index contributed by atoms with van der Waals surface area (Å²) in [5.41, 5.74) is 0.533. The molecule has 1 aliphatic rings. The minimum Gasteiger partial charge on any atom is -0.492 e. The molecule has 19 heavy (non-hydrogen) atoms. The van der Waals surface area contributed by atoms with Crippen LogP contribution in [0, 0.1) is 0 Å². The summed E-state index contributed by atoms with van der Waals surface area (Å²) in [6.45, 7) is 2.25. The molecule has 0 saturated carbocycles. The molecule has 1 fully saturated rings. The monoisotopic (exact) mass is 268 g/mol. The van der Waals surface area contributed by atoms with E-state index in [-0.39, 0.29) is 13.1 Å². The van der Waals surface area contributed by atoms with Crippen LogP contribution in [-0.2, 0) is 0 Å². The van der Waals surface area contributed by atoms with E-state index in [4.69, 9.17) is 4.74 Å². The molecule has 5 nitrogen and oxygen atoms in total. The molecule has 1 saturated heterocycles. The first kappa shape index (κ1) is 13.6. The predicted octanol–water partition coefficient (Wildman–Crippen LogP) is 1.63. The van der Waals surface area contributed by atoms with E-state index in [1.54, 1.807) is 24.3 Å². The zero-order chi connectivity index (χ0) is 13.8. The fourth-order valence-corrected chi connectivity index (χ4v) is 1.96. The van der Waals surface area contributed by atoms with Gasteiger partial charge in [-0.1, -0.05) is 12.1 Å². The van der Waals surface area contributed by atoms with E-state index in [1.807, 2.05) is 6.92 Å². The quantitative estimate of drug-likeness (QED) is 0.876. The molecule has 104 valence electrons. The Morgan fingerprint density at radius 2 is 2.26 bits per heavy atom. The van der Waals surface area contributed by atoms with Gasteiger partial charge < -0.3 is 20.1 Å². The van der Waals surface area contributed by atoms with Gasteiger partial charge in [-0.25, -0.2) is 9.18 Å². The third kappa shape index (κ3) is 3.14. The lowest BCUT2D eigenvalue weighted by molar-refractivity contribution is 0.116. The van der Waals surface area contributed by atoms with E-state index < -0.39 is 18.3 Å². The van der Waals surface area contributed by atoms with Crippen LogP contribution in [0.1, 0.15) is 6.92 Å². The fourth-order valence-electron chi connectivity index (χ4n) is 1.96. The number of nitrogens with zero attached hydrogens (tertiary/aromatic N) is 1. The number of para-hydroxylation sites is 2. The van der Waals surface area contributed by atoms with E-state index in [0.29, 0.717) is 18.0 Å². The van der Waals surface area contributed by atoms with Gasteiger partial charge in [-0.05, 0) is 19.1 Å². The molecule has 1 aliphatic heterocycles. The van der Waals surface area contributed by atoms with Crippen molar-refractivity contribution in [2.75, 3.05) is 25.0 Å². The van der Waals surface area contributed by atoms with Crippen LogP contribution >= 0.6 is 0 Å². The van der Waals surface area contributed by atoms with E-state index in [1.165, 1.54) is 4.90 Å². The van der Waals surface area contributed by atoms with Crippen LogP contribution in [0.2, 0.25) is 0 Å². The van der Waals surface area contributed by atoms with Crippen molar-refractivity contribution in [1.29, 1.82) is 0 Å². The average molecular weight is 268 g/mol. The van der Waals surface area contributed by atoms with Gasteiger partial charge in [-0.15, -0.1) is 0 Å². The zero-order valence-electron chi connectivity index (χ0n) is 10.7. The molecule has 2 rings (SSSR count). The number of carbonyl (C=O) groups excluding carboxylic acids is 1. The van der Waals surface area contributed by atoms with Crippen molar-refractivity contribution < 1.29 is 19.0 Å². The number of halogens is 1. The van der Waals surface area contributed by atoms with Gasteiger partial charge in [0.2, 0.25) is 0 Å². The number of nitrogens with one attached hydrogen (secondary N) is 1. The second-order valence-corrected chi connectivity index (χ2v) is 4.35. The summed E-state index contributed by atoms with van der Waals surface area (Å²) in [6.07, 6.45) is -2.49. The molecule has 1 aromatic rings. The molecule has 0 aromatic heterocycles. The number of aliphatic hydroxyl groups excluding tert-OH is 1. The number of likely N-dealkylation sites (tertiary alicyclic amines) is 1.